The summed E-state index contributed by atoms with van der Waals surface area (Å²) in [5.74, 6) is 3.41. The Bertz CT molecular complexity index is 673. The smallest absolute Gasteiger partial charge is 0.191 e. The molecule has 2 aliphatic rings. The van der Waals surface area contributed by atoms with Crippen molar-refractivity contribution in [2.24, 2.45) is 23.4 Å². The van der Waals surface area contributed by atoms with E-state index in [2.05, 4.69) is 39.6 Å². The predicted octanol–water partition coefficient (Wildman–Crippen LogP) is 2.10. The number of hydrogen-bond donors (Lipinski definition) is 2. The summed E-state index contributed by atoms with van der Waals surface area (Å²) in [5.41, 5.74) is 0.405. The number of guanidine groups is 1. The van der Waals surface area contributed by atoms with Crippen LogP contribution in [0.4, 0.5) is 0 Å². The zero-order valence-corrected chi connectivity index (χ0v) is 19.4. The molecule has 0 spiro atoms. The third-order valence-electron chi connectivity index (χ3n) is 6.52. The second kappa shape index (κ2) is 11.1. The number of aryl methyl sites for hydroxylation is 1. The van der Waals surface area contributed by atoms with E-state index in [1.807, 2.05) is 18.5 Å². The summed E-state index contributed by atoms with van der Waals surface area (Å²) in [4.78, 5) is 7.29. The first-order valence-corrected chi connectivity index (χ1v) is 11.6. The standard InChI is InChI=1S/C22H41N7O/c1-18(2)15-22(7-5-6-8-22)17-25-21(23-9-10-29-11-13-30-14-12-29)24-16-20-27-26-19(3)28(20)4/h18H,5-17H2,1-4H3,(H2,23,24,25). The minimum Gasteiger partial charge on any atom is -0.379 e. The van der Waals surface area contributed by atoms with Gasteiger partial charge in [0.15, 0.2) is 11.8 Å². The average Bonchev–Trinajstić information content (AvgIpc) is 3.31. The molecule has 3 rings (SSSR count). The minimum atomic E-state index is 0.405. The molecule has 0 amide bonds. The molecule has 8 heteroatoms. The Morgan fingerprint density at radius 1 is 1.17 bits per heavy atom. The van der Waals surface area contributed by atoms with Crippen molar-refractivity contribution in [2.45, 2.75) is 59.4 Å². The fourth-order valence-corrected chi connectivity index (χ4v) is 4.79. The number of morpholine rings is 1. The van der Waals surface area contributed by atoms with E-state index in [4.69, 9.17) is 9.73 Å². The van der Waals surface area contributed by atoms with E-state index >= 15 is 0 Å². The van der Waals surface area contributed by atoms with Gasteiger partial charge >= 0.3 is 0 Å². The fourth-order valence-electron chi connectivity index (χ4n) is 4.79. The van der Waals surface area contributed by atoms with Gasteiger partial charge in [-0.25, -0.2) is 4.99 Å². The Balaban J connectivity index is 1.60. The van der Waals surface area contributed by atoms with E-state index in [0.717, 1.165) is 69.5 Å². The van der Waals surface area contributed by atoms with Crippen molar-refractivity contribution in [1.82, 2.24) is 30.3 Å². The summed E-state index contributed by atoms with van der Waals surface area (Å²) in [5, 5.41) is 15.7. The third-order valence-corrected chi connectivity index (χ3v) is 6.52. The van der Waals surface area contributed by atoms with Crippen molar-refractivity contribution in [2.75, 3.05) is 45.9 Å². The van der Waals surface area contributed by atoms with Crippen molar-refractivity contribution < 1.29 is 4.74 Å². The molecule has 0 aromatic carbocycles. The van der Waals surface area contributed by atoms with Crippen LogP contribution in [0.15, 0.2) is 4.99 Å². The Morgan fingerprint density at radius 3 is 2.53 bits per heavy atom. The van der Waals surface area contributed by atoms with Gasteiger partial charge in [-0.1, -0.05) is 26.7 Å². The second-order valence-electron chi connectivity index (χ2n) is 9.43. The van der Waals surface area contributed by atoms with Crippen molar-refractivity contribution in [3.05, 3.63) is 11.6 Å². The lowest BCUT2D eigenvalue weighted by molar-refractivity contribution is 0.0389. The van der Waals surface area contributed by atoms with Crippen LogP contribution < -0.4 is 10.6 Å². The molecule has 2 fully saturated rings. The highest BCUT2D eigenvalue weighted by atomic mass is 16.5. The number of ether oxygens (including phenoxy) is 1. The maximum absolute atomic E-state index is 5.45. The average molecular weight is 420 g/mol. The summed E-state index contributed by atoms with van der Waals surface area (Å²) in [7, 11) is 2.00. The minimum absolute atomic E-state index is 0.405. The molecule has 0 radical (unpaired) electrons. The van der Waals surface area contributed by atoms with Crippen molar-refractivity contribution >= 4 is 5.96 Å². The molecule has 2 N–H and O–H groups in total. The third kappa shape index (κ3) is 6.67. The molecule has 1 saturated heterocycles. The van der Waals surface area contributed by atoms with E-state index in [1.165, 1.54) is 32.1 Å². The highest BCUT2D eigenvalue weighted by Gasteiger charge is 2.34. The Kier molecular flexibility index (Phi) is 8.50. The molecular weight excluding hydrogens is 378 g/mol. The fraction of sp³-hybridized carbons (Fsp3) is 0.864. The van der Waals surface area contributed by atoms with Gasteiger partial charge in [0.2, 0.25) is 0 Å². The van der Waals surface area contributed by atoms with Gasteiger partial charge in [0.1, 0.15) is 12.4 Å². The topological polar surface area (TPSA) is 79.6 Å². The van der Waals surface area contributed by atoms with Gasteiger partial charge in [-0.2, -0.15) is 0 Å². The van der Waals surface area contributed by atoms with Crippen LogP contribution in [0.25, 0.3) is 0 Å². The summed E-state index contributed by atoms with van der Waals surface area (Å²) < 4.78 is 7.46. The van der Waals surface area contributed by atoms with Gasteiger partial charge in [-0.3, -0.25) is 4.90 Å². The molecule has 0 atom stereocenters. The monoisotopic (exact) mass is 419 g/mol. The SMILES string of the molecule is Cc1nnc(CN=C(NCCN2CCOCC2)NCC2(CC(C)C)CCCC2)n1C. The zero-order valence-electron chi connectivity index (χ0n) is 19.4. The molecule has 30 heavy (non-hydrogen) atoms. The van der Waals surface area contributed by atoms with E-state index in [0.29, 0.717) is 12.0 Å². The van der Waals surface area contributed by atoms with Gasteiger partial charge in [-0.15, -0.1) is 10.2 Å². The van der Waals surface area contributed by atoms with E-state index < -0.39 is 0 Å². The molecule has 1 aliphatic carbocycles. The molecule has 2 heterocycles. The van der Waals surface area contributed by atoms with Gasteiger partial charge in [-0.05, 0) is 37.5 Å². The number of nitrogens with zero attached hydrogens (tertiary/aromatic N) is 5. The number of aliphatic imine (C=N–C) groups is 1. The van der Waals surface area contributed by atoms with Gasteiger partial charge in [0.25, 0.3) is 0 Å². The van der Waals surface area contributed by atoms with Gasteiger partial charge in [0, 0.05) is 39.8 Å². The highest BCUT2D eigenvalue weighted by Crippen LogP contribution is 2.42. The van der Waals surface area contributed by atoms with Crippen LogP contribution >= 0.6 is 0 Å². The number of nitrogens with one attached hydrogen (secondary N) is 2. The van der Waals surface area contributed by atoms with Crippen molar-refractivity contribution in [3.8, 4) is 0 Å². The van der Waals surface area contributed by atoms with Crippen LogP contribution in [-0.4, -0.2) is 71.6 Å². The van der Waals surface area contributed by atoms with E-state index in [9.17, 15) is 0 Å². The van der Waals surface area contributed by atoms with Gasteiger partial charge < -0.3 is 19.9 Å². The van der Waals surface area contributed by atoms with Crippen LogP contribution in [0.3, 0.4) is 0 Å². The van der Waals surface area contributed by atoms with Crippen molar-refractivity contribution in [1.29, 1.82) is 0 Å². The highest BCUT2D eigenvalue weighted by molar-refractivity contribution is 5.79. The summed E-state index contributed by atoms with van der Waals surface area (Å²) in [6, 6.07) is 0. The summed E-state index contributed by atoms with van der Waals surface area (Å²) in [6.07, 6.45) is 6.63. The Morgan fingerprint density at radius 2 is 1.90 bits per heavy atom. The lowest BCUT2D eigenvalue weighted by Crippen LogP contribution is -2.47. The predicted molar refractivity (Wildman–Crippen MR) is 120 cm³/mol. The first-order valence-electron chi connectivity index (χ1n) is 11.6. The van der Waals surface area contributed by atoms with Crippen LogP contribution in [0, 0.1) is 18.3 Å². The van der Waals surface area contributed by atoms with Crippen LogP contribution in [-0.2, 0) is 18.3 Å². The Hall–Kier alpha value is -1.67. The molecule has 170 valence electrons. The molecule has 1 aromatic heterocycles. The van der Waals surface area contributed by atoms with Crippen molar-refractivity contribution in [3.63, 3.8) is 0 Å². The van der Waals surface area contributed by atoms with E-state index in [-0.39, 0.29) is 0 Å². The van der Waals surface area contributed by atoms with Crippen LogP contribution in [0.2, 0.25) is 0 Å². The molecule has 1 aromatic rings. The quantitative estimate of drug-likeness (QED) is 0.471. The maximum atomic E-state index is 5.45. The number of hydrogen-bond acceptors (Lipinski definition) is 5. The number of rotatable bonds is 9. The molecular formula is C22H41N7O. The summed E-state index contributed by atoms with van der Waals surface area (Å²) >= 11 is 0. The first kappa shape index (κ1) is 23.0. The summed E-state index contributed by atoms with van der Waals surface area (Å²) in [6.45, 7) is 13.7. The molecule has 1 aliphatic heterocycles. The van der Waals surface area contributed by atoms with Gasteiger partial charge in [0.05, 0.1) is 13.2 Å². The normalized spacial score (nSPS) is 20.1. The second-order valence-corrected chi connectivity index (χ2v) is 9.43. The van der Waals surface area contributed by atoms with Crippen LogP contribution in [0.1, 0.15) is 57.6 Å². The largest absolute Gasteiger partial charge is 0.379 e. The molecule has 8 nitrogen and oxygen atoms in total. The Labute approximate surface area is 181 Å². The molecule has 0 bridgehead atoms. The lowest BCUT2D eigenvalue weighted by atomic mass is 9.78. The first-order chi connectivity index (χ1) is 14.5. The number of aromatic nitrogens is 3. The molecule has 1 saturated carbocycles. The van der Waals surface area contributed by atoms with E-state index in [1.54, 1.807) is 0 Å². The maximum Gasteiger partial charge on any atom is 0.191 e. The lowest BCUT2D eigenvalue weighted by Gasteiger charge is -2.32. The zero-order chi connectivity index (χ0) is 21.4. The van der Waals surface area contributed by atoms with Crippen LogP contribution in [0.5, 0.6) is 0 Å². The molecule has 0 unspecified atom stereocenters.